The summed E-state index contributed by atoms with van der Waals surface area (Å²) in [6.45, 7) is 1.41. The summed E-state index contributed by atoms with van der Waals surface area (Å²) in [4.78, 5) is 7.37. The molecule has 0 aromatic heterocycles. The van der Waals surface area contributed by atoms with Crippen molar-refractivity contribution >= 4 is 6.02 Å². The first-order valence-corrected chi connectivity index (χ1v) is 12.3. The van der Waals surface area contributed by atoms with Crippen molar-refractivity contribution in [1.82, 2.24) is 4.90 Å². The molecule has 2 aromatic carbocycles. The van der Waals surface area contributed by atoms with Crippen LogP contribution < -0.4 is 5.73 Å². The lowest BCUT2D eigenvalue weighted by Crippen LogP contribution is -2.43. The second-order valence-electron chi connectivity index (χ2n) is 10.1. The van der Waals surface area contributed by atoms with Crippen molar-refractivity contribution in [3.05, 3.63) is 70.5 Å². The average Bonchev–Trinajstić information content (AvgIpc) is 3.57. The summed E-state index contributed by atoms with van der Waals surface area (Å²) in [6, 6.07) is 14.7. The number of fused-ring (bicyclic) bond motifs is 1. The smallest absolute Gasteiger partial charge is 0.288 e. The van der Waals surface area contributed by atoms with E-state index in [-0.39, 0.29) is 23.4 Å². The molecule has 0 radical (unpaired) electrons. The Balaban J connectivity index is 1.39. The summed E-state index contributed by atoms with van der Waals surface area (Å²) in [6.07, 6.45) is 9.37. The highest BCUT2D eigenvalue weighted by Gasteiger charge is 2.47. The van der Waals surface area contributed by atoms with Crippen molar-refractivity contribution < 1.29 is 9.13 Å². The molecule has 6 rings (SSSR count). The van der Waals surface area contributed by atoms with E-state index >= 15 is 0 Å². The van der Waals surface area contributed by atoms with Gasteiger partial charge in [-0.25, -0.2) is 9.38 Å². The van der Waals surface area contributed by atoms with E-state index in [0.717, 1.165) is 37.8 Å². The van der Waals surface area contributed by atoms with Crippen LogP contribution in [-0.4, -0.2) is 35.7 Å². The SMILES string of the molecule is N[C@H]1CCC[C@]12COC(N1CCc3cc(C4CCCC4)ccc3[C@@H]1c1ccc(F)cc1)=N2. The second-order valence-corrected chi connectivity index (χ2v) is 10.1. The van der Waals surface area contributed by atoms with Crippen molar-refractivity contribution in [3.8, 4) is 0 Å². The molecule has 2 fully saturated rings. The Morgan fingerprint density at radius 1 is 1.00 bits per heavy atom. The molecule has 0 saturated heterocycles. The van der Waals surface area contributed by atoms with Crippen LogP contribution in [0.4, 0.5) is 4.39 Å². The predicted molar refractivity (Wildman–Crippen MR) is 124 cm³/mol. The van der Waals surface area contributed by atoms with Gasteiger partial charge in [-0.1, -0.05) is 43.2 Å². The van der Waals surface area contributed by atoms with Gasteiger partial charge in [-0.05, 0) is 78.8 Å². The van der Waals surface area contributed by atoms with Gasteiger partial charge in [-0.15, -0.1) is 0 Å². The zero-order valence-electron chi connectivity index (χ0n) is 18.6. The lowest BCUT2D eigenvalue weighted by molar-refractivity contribution is 0.197. The van der Waals surface area contributed by atoms with Crippen molar-refractivity contribution in [2.24, 2.45) is 10.7 Å². The van der Waals surface area contributed by atoms with Crippen molar-refractivity contribution in [1.29, 1.82) is 0 Å². The molecule has 5 heteroatoms. The summed E-state index contributed by atoms with van der Waals surface area (Å²) in [7, 11) is 0. The first-order valence-electron chi connectivity index (χ1n) is 12.3. The number of benzene rings is 2. The highest BCUT2D eigenvalue weighted by Crippen LogP contribution is 2.42. The van der Waals surface area contributed by atoms with Crippen LogP contribution in [0, 0.1) is 5.82 Å². The highest BCUT2D eigenvalue weighted by atomic mass is 19.1. The Hall–Kier alpha value is -2.40. The number of hydrogen-bond acceptors (Lipinski definition) is 4. The highest BCUT2D eigenvalue weighted by molar-refractivity contribution is 5.78. The van der Waals surface area contributed by atoms with Crippen molar-refractivity contribution in [2.75, 3.05) is 13.2 Å². The summed E-state index contributed by atoms with van der Waals surface area (Å²) in [5.74, 6) is 0.493. The molecule has 2 saturated carbocycles. The van der Waals surface area contributed by atoms with E-state index in [2.05, 4.69) is 23.1 Å². The number of amidine groups is 1. The molecule has 4 nitrogen and oxygen atoms in total. The predicted octanol–water partition coefficient (Wildman–Crippen LogP) is 5.07. The summed E-state index contributed by atoms with van der Waals surface area (Å²) < 4.78 is 20.0. The Bertz CT molecular complexity index is 1030. The van der Waals surface area contributed by atoms with Gasteiger partial charge >= 0.3 is 0 Å². The average molecular weight is 434 g/mol. The minimum absolute atomic E-state index is 0.0245. The van der Waals surface area contributed by atoms with Gasteiger partial charge in [-0.2, -0.15) is 0 Å². The number of ether oxygens (including phenoxy) is 1. The summed E-state index contributed by atoms with van der Waals surface area (Å²) in [5.41, 5.74) is 11.4. The molecule has 32 heavy (non-hydrogen) atoms. The first kappa shape index (κ1) is 20.2. The van der Waals surface area contributed by atoms with Crippen molar-refractivity contribution in [3.63, 3.8) is 0 Å². The summed E-state index contributed by atoms with van der Waals surface area (Å²) in [5, 5.41) is 0. The lowest BCUT2D eigenvalue weighted by Gasteiger charge is -2.38. The normalized spacial score (nSPS) is 29.9. The minimum atomic E-state index is -0.269. The lowest BCUT2D eigenvalue weighted by atomic mass is 9.85. The van der Waals surface area contributed by atoms with E-state index in [1.54, 1.807) is 12.1 Å². The van der Waals surface area contributed by atoms with Crippen LogP contribution in [0.15, 0.2) is 47.5 Å². The van der Waals surface area contributed by atoms with Gasteiger partial charge in [0.1, 0.15) is 18.0 Å². The van der Waals surface area contributed by atoms with Crippen LogP contribution in [0.3, 0.4) is 0 Å². The topological polar surface area (TPSA) is 50.9 Å². The van der Waals surface area contributed by atoms with Crippen LogP contribution in [0.5, 0.6) is 0 Å². The van der Waals surface area contributed by atoms with Gasteiger partial charge in [0.15, 0.2) is 0 Å². The van der Waals surface area contributed by atoms with Crippen LogP contribution in [0.2, 0.25) is 0 Å². The molecule has 2 aliphatic heterocycles. The van der Waals surface area contributed by atoms with E-state index in [9.17, 15) is 4.39 Å². The van der Waals surface area contributed by atoms with Gasteiger partial charge in [-0.3, -0.25) is 0 Å². The molecule has 0 unspecified atom stereocenters. The molecule has 0 bridgehead atoms. The first-order chi connectivity index (χ1) is 15.6. The van der Waals surface area contributed by atoms with E-state index in [1.807, 2.05) is 12.1 Å². The number of hydrogen-bond donors (Lipinski definition) is 1. The molecular weight excluding hydrogens is 401 g/mol. The molecule has 2 aromatic rings. The molecular formula is C27H32FN3O. The van der Waals surface area contributed by atoms with Crippen LogP contribution in [0.1, 0.15) is 79.2 Å². The van der Waals surface area contributed by atoms with Crippen LogP contribution in [0.25, 0.3) is 0 Å². The fourth-order valence-electron chi connectivity index (χ4n) is 6.36. The van der Waals surface area contributed by atoms with E-state index in [4.69, 9.17) is 15.5 Å². The standard InChI is InChI=1S/C27H32FN3O/c28-22-10-7-19(8-11-22)25-23-12-9-20(18-4-1-2-5-18)16-21(23)13-15-31(25)26-30-27(17-32-26)14-3-6-24(27)29/h7-12,16,18,24-25H,1-6,13-15,17,29H2/t24-,25-,27-/m0/s1. The van der Waals surface area contributed by atoms with Gasteiger partial charge in [0, 0.05) is 12.6 Å². The van der Waals surface area contributed by atoms with Crippen LogP contribution >= 0.6 is 0 Å². The quantitative estimate of drug-likeness (QED) is 0.720. The maximum Gasteiger partial charge on any atom is 0.288 e. The number of nitrogens with zero attached hydrogens (tertiary/aromatic N) is 2. The van der Waals surface area contributed by atoms with E-state index < -0.39 is 0 Å². The largest absolute Gasteiger partial charge is 0.462 e. The molecule has 2 heterocycles. The van der Waals surface area contributed by atoms with Gasteiger partial charge < -0.3 is 15.4 Å². The zero-order chi connectivity index (χ0) is 21.7. The Morgan fingerprint density at radius 3 is 2.53 bits per heavy atom. The maximum absolute atomic E-state index is 13.7. The van der Waals surface area contributed by atoms with Gasteiger partial charge in [0.05, 0.1) is 6.04 Å². The number of aliphatic imine (C=N–C) groups is 1. The van der Waals surface area contributed by atoms with Gasteiger partial charge in [0.25, 0.3) is 6.02 Å². The fourth-order valence-corrected chi connectivity index (χ4v) is 6.36. The minimum Gasteiger partial charge on any atom is -0.462 e. The Labute approximate surface area is 189 Å². The maximum atomic E-state index is 13.7. The molecule has 168 valence electrons. The number of rotatable bonds is 2. The third-order valence-electron chi connectivity index (χ3n) is 8.24. The Kier molecular flexibility index (Phi) is 4.98. The van der Waals surface area contributed by atoms with Crippen molar-refractivity contribution in [2.45, 2.75) is 74.9 Å². The number of halogens is 1. The molecule has 1 spiro atoms. The molecule has 2 N–H and O–H groups in total. The molecule has 2 aliphatic carbocycles. The molecule has 4 aliphatic rings. The summed E-state index contributed by atoms with van der Waals surface area (Å²) >= 11 is 0. The number of nitrogens with two attached hydrogens (primary N) is 1. The van der Waals surface area contributed by atoms with E-state index in [1.165, 1.54) is 42.4 Å². The van der Waals surface area contributed by atoms with Gasteiger partial charge in [0.2, 0.25) is 0 Å². The Morgan fingerprint density at radius 2 is 1.78 bits per heavy atom. The monoisotopic (exact) mass is 433 g/mol. The zero-order valence-corrected chi connectivity index (χ0v) is 18.6. The third kappa shape index (κ3) is 3.33. The second kappa shape index (κ2) is 7.87. The fraction of sp³-hybridized carbons (Fsp3) is 0.519. The third-order valence-corrected chi connectivity index (χ3v) is 8.24. The van der Waals surface area contributed by atoms with Crippen LogP contribution in [-0.2, 0) is 11.2 Å². The molecule has 0 amide bonds. The van der Waals surface area contributed by atoms with E-state index in [0.29, 0.717) is 18.5 Å². The molecule has 3 atom stereocenters.